The van der Waals surface area contributed by atoms with Crippen LogP contribution in [0.2, 0.25) is 0 Å². The first-order valence-corrected chi connectivity index (χ1v) is 9.28. The minimum atomic E-state index is -4.57. The van der Waals surface area contributed by atoms with E-state index in [0.29, 0.717) is 0 Å². The van der Waals surface area contributed by atoms with Crippen LogP contribution < -0.4 is 29.6 Å². The molecule has 1 heterocycles. The summed E-state index contributed by atoms with van der Waals surface area (Å²) in [5.41, 5.74) is 0. The second kappa shape index (κ2) is 13.3. The zero-order chi connectivity index (χ0) is 19.7. The van der Waals surface area contributed by atoms with Gasteiger partial charge in [0.2, 0.25) is 0 Å². The Morgan fingerprint density at radius 2 is 1.67 bits per heavy atom. The molecular formula is C15H25NaO10S. The van der Waals surface area contributed by atoms with Crippen molar-refractivity contribution in [1.82, 2.24) is 0 Å². The van der Waals surface area contributed by atoms with Crippen LogP contribution in [0.15, 0.2) is 0 Å². The summed E-state index contributed by atoms with van der Waals surface area (Å²) in [6.07, 6.45) is 2.13. The minimum absolute atomic E-state index is 0. The molecule has 6 unspecified atom stereocenters. The maximum Gasteiger partial charge on any atom is 1.00 e. The first-order valence-electron chi connectivity index (χ1n) is 7.70. The molecule has 0 N–H and O–H groups in total. The zero-order valence-electron chi connectivity index (χ0n) is 16.2. The molecule has 1 saturated heterocycles. The standard InChI is InChI=1S/C15H26O10S.Na/c1-6-23-10(7-19-2)8-24-15-14(22-5)13(21-4)12(20-3)11(25-15)9-26(16,17)18;/h1,10-15H,7-9H2,2-5H3,(H,16,17,18);/q;+1/p-1. The van der Waals surface area contributed by atoms with Gasteiger partial charge < -0.3 is 37.7 Å². The number of hydrogen-bond donors (Lipinski definition) is 0. The van der Waals surface area contributed by atoms with Crippen molar-refractivity contribution in [2.24, 2.45) is 0 Å². The van der Waals surface area contributed by atoms with Gasteiger partial charge in [-0.15, -0.1) is 0 Å². The van der Waals surface area contributed by atoms with Crippen LogP contribution in [0.5, 0.6) is 0 Å². The van der Waals surface area contributed by atoms with Gasteiger partial charge in [-0.3, -0.25) is 0 Å². The SMILES string of the molecule is C#COC(COC)COC1OC(CS(=O)(=O)[O-])C(OC)C(OC)C1OC.[Na+]. The fourth-order valence-electron chi connectivity index (χ4n) is 2.75. The summed E-state index contributed by atoms with van der Waals surface area (Å²) in [6.45, 7) is 0.148. The Kier molecular flexibility index (Phi) is 13.3. The van der Waals surface area contributed by atoms with Gasteiger partial charge in [0.15, 0.2) is 12.4 Å². The van der Waals surface area contributed by atoms with Gasteiger partial charge in [-0.25, -0.2) is 8.42 Å². The van der Waals surface area contributed by atoms with Crippen molar-refractivity contribution < 1.29 is 75.7 Å². The summed E-state index contributed by atoms with van der Waals surface area (Å²) in [6, 6.07) is 0. The Labute approximate surface area is 182 Å². The van der Waals surface area contributed by atoms with Gasteiger partial charge in [0, 0.05) is 28.4 Å². The van der Waals surface area contributed by atoms with Crippen LogP contribution in [0.4, 0.5) is 0 Å². The smallest absolute Gasteiger partial charge is 0.748 e. The van der Waals surface area contributed by atoms with Crippen LogP contribution in [0.1, 0.15) is 0 Å². The Bertz CT molecular complexity index is 551. The van der Waals surface area contributed by atoms with Crippen LogP contribution in [0.3, 0.4) is 0 Å². The minimum Gasteiger partial charge on any atom is -0.748 e. The molecule has 0 aliphatic carbocycles. The van der Waals surface area contributed by atoms with Crippen molar-refractivity contribution >= 4 is 10.1 Å². The van der Waals surface area contributed by atoms with Crippen LogP contribution in [-0.2, 0) is 43.3 Å². The molecule has 0 aromatic carbocycles. The monoisotopic (exact) mass is 420 g/mol. The van der Waals surface area contributed by atoms with E-state index < -0.39 is 52.7 Å². The van der Waals surface area contributed by atoms with Gasteiger partial charge in [-0.1, -0.05) is 6.42 Å². The predicted molar refractivity (Wildman–Crippen MR) is 87.2 cm³/mol. The Hall–Kier alpha value is 0.0300. The van der Waals surface area contributed by atoms with E-state index >= 15 is 0 Å². The van der Waals surface area contributed by atoms with E-state index in [2.05, 4.69) is 0 Å². The van der Waals surface area contributed by atoms with E-state index in [-0.39, 0.29) is 42.8 Å². The molecule has 0 aromatic heterocycles. The summed E-state index contributed by atoms with van der Waals surface area (Å²) in [5.74, 6) is -0.802. The van der Waals surface area contributed by atoms with Gasteiger partial charge in [-0.05, 0) is 0 Å². The van der Waals surface area contributed by atoms with E-state index in [1.165, 1.54) is 28.4 Å². The number of methoxy groups -OCH3 is 4. The quantitative estimate of drug-likeness (QED) is 0.185. The van der Waals surface area contributed by atoms with Crippen molar-refractivity contribution in [3.8, 4) is 12.5 Å². The third-order valence-electron chi connectivity index (χ3n) is 3.81. The summed E-state index contributed by atoms with van der Waals surface area (Å²) in [5, 5.41) is 0. The number of hydrogen-bond acceptors (Lipinski definition) is 10. The summed E-state index contributed by atoms with van der Waals surface area (Å²) in [7, 11) is 1.08. The second-order valence-corrected chi connectivity index (χ2v) is 6.96. The number of rotatable bonds is 11. The Morgan fingerprint density at radius 3 is 2.11 bits per heavy atom. The van der Waals surface area contributed by atoms with Crippen LogP contribution >= 0.6 is 0 Å². The first-order chi connectivity index (χ1) is 12.3. The maximum absolute atomic E-state index is 11.2. The Morgan fingerprint density at radius 1 is 1.07 bits per heavy atom. The van der Waals surface area contributed by atoms with Gasteiger partial charge >= 0.3 is 29.6 Å². The first kappa shape index (κ1) is 27.0. The average Bonchev–Trinajstić information content (AvgIpc) is 2.57. The molecule has 12 heteroatoms. The van der Waals surface area contributed by atoms with Crippen molar-refractivity contribution in [1.29, 1.82) is 0 Å². The summed E-state index contributed by atoms with van der Waals surface area (Å²) < 4.78 is 70.9. The van der Waals surface area contributed by atoms with E-state index in [1.807, 2.05) is 6.11 Å². The normalized spacial score (nSPS) is 29.4. The van der Waals surface area contributed by atoms with Gasteiger partial charge in [0.25, 0.3) is 0 Å². The molecule has 1 rings (SSSR count). The second-order valence-electron chi connectivity index (χ2n) is 5.51. The van der Waals surface area contributed by atoms with E-state index in [9.17, 15) is 13.0 Å². The molecule has 0 aromatic rings. The topological polar surface area (TPSA) is 122 Å². The fourth-order valence-corrected chi connectivity index (χ4v) is 3.42. The molecule has 1 aliphatic heterocycles. The van der Waals surface area contributed by atoms with Crippen molar-refractivity contribution in [2.45, 2.75) is 36.8 Å². The van der Waals surface area contributed by atoms with Gasteiger partial charge in [0.1, 0.15) is 30.5 Å². The molecule has 1 aliphatic rings. The molecule has 0 spiro atoms. The molecule has 6 atom stereocenters. The fraction of sp³-hybridized carbons (Fsp3) is 0.867. The van der Waals surface area contributed by atoms with Crippen molar-refractivity contribution in [3.05, 3.63) is 0 Å². The molecule has 0 saturated carbocycles. The summed E-state index contributed by atoms with van der Waals surface area (Å²) >= 11 is 0. The molecule has 152 valence electrons. The van der Waals surface area contributed by atoms with Gasteiger partial charge in [-0.2, -0.15) is 0 Å². The zero-order valence-corrected chi connectivity index (χ0v) is 19.0. The third-order valence-corrected chi connectivity index (χ3v) is 4.55. The van der Waals surface area contributed by atoms with Crippen LogP contribution in [-0.4, -0.2) is 97.2 Å². The predicted octanol–water partition coefficient (Wildman–Crippen LogP) is -4.06. The third kappa shape index (κ3) is 8.51. The van der Waals surface area contributed by atoms with Crippen LogP contribution in [0, 0.1) is 12.5 Å². The largest absolute Gasteiger partial charge is 1.00 e. The van der Waals surface area contributed by atoms with Crippen molar-refractivity contribution in [3.63, 3.8) is 0 Å². The maximum atomic E-state index is 11.2. The molecule has 1 fully saturated rings. The van der Waals surface area contributed by atoms with Crippen molar-refractivity contribution in [2.75, 3.05) is 47.4 Å². The van der Waals surface area contributed by atoms with E-state index in [0.717, 1.165) is 0 Å². The van der Waals surface area contributed by atoms with Gasteiger partial charge in [0.05, 0.1) is 29.1 Å². The molecule has 10 nitrogen and oxygen atoms in total. The number of ether oxygens (including phenoxy) is 7. The average molecular weight is 420 g/mol. The molecular weight excluding hydrogens is 395 g/mol. The van der Waals surface area contributed by atoms with E-state index in [1.54, 1.807) is 0 Å². The molecule has 0 bridgehead atoms. The molecule has 0 amide bonds. The van der Waals surface area contributed by atoms with E-state index in [4.69, 9.17) is 39.6 Å². The van der Waals surface area contributed by atoms with Crippen LogP contribution in [0.25, 0.3) is 0 Å². The number of terminal acetylenes is 1. The Balaban J connectivity index is 0.00000676. The molecule has 27 heavy (non-hydrogen) atoms. The summed E-state index contributed by atoms with van der Waals surface area (Å²) in [4.78, 5) is 0. The molecule has 0 radical (unpaired) electrons.